The molecule has 0 saturated heterocycles. The van der Waals surface area contributed by atoms with Crippen molar-refractivity contribution in [3.63, 3.8) is 0 Å². The number of primary amides is 1. The molecule has 0 saturated carbocycles. The summed E-state index contributed by atoms with van der Waals surface area (Å²) in [6.45, 7) is 1.85. The summed E-state index contributed by atoms with van der Waals surface area (Å²) in [5.41, 5.74) is 3.62. The number of ketones is 2. The third kappa shape index (κ3) is 2.30. The lowest BCUT2D eigenvalue weighted by atomic mass is 9.95. The second-order valence-electron chi connectivity index (χ2n) is 3.26. The number of rotatable bonds is 3. The number of likely N-dealkylation sites (N-methyl/N-ethyl adjacent to an activating group) is 1. The van der Waals surface area contributed by atoms with Crippen LogP contribution in [0.2, 0.25) is 0 Å². The summed E-state index contributed by atoms with van der Waals surface area (Å²) in [6.07, 6.45) is 0. The molecule has 1 rings (SSSR count). The lowest BCUT2D eigenvalue weighted by molar-refractivity contribution is -0.124. The molecular formula is C10H8Cl2N2O4. The van der Waals surface area contributed by atoms with Gasteiger partial charge in [0.2, 0.25) is 11.6 Å². The van der Waals surface area contributed by atoms with Crippen molar-refractivity contribution in [3.8, 4) is 0 Å². The zero-order chi connectivity index (χ0) is 14.0. The molecule has 2 amide bonds. The summed E-state index contributed by atoms with van der Waals surface area (Å²) in [5, 5.41) is 0.951. The lowest BCUT2D eigenvalue weighted by Crippen LogP contribution is -2.35. The number of hydrogen-bond donors (Lipinski definition) is 2. The Morgan fingerprint density at radius 1 is 1.11 bits per heavy atom. The molecule has 0 aromatic rings. The minimum atomic E-state index is -1.17. The van der Waals surface area contributed by atoms with Gasteiger partial charge in [-0.3, -0.25) is 19.2 Å². The SMILES string of the molecule is CCNC(=O)C1=C(Cl)C(=O)C(C(N)=O)=C(Cl)C1=O. The molecule has 8 heteroatoms. The Bertz CT molecular complexity index is 534. The summed E-state index contributed by atoms with van der Waals surface area (Å²) < 4.78 is 0. The van der Waals surface area contributed by atoms with Gasteiger partial charge in [-0.2, -0.15) is 0 Å². The van der Waals surface area contributed by atoms with Crippen LogP contribution >= 0.6 is 23.2 Å². The standard InChI is InChI=1S/C10H8Cl2N2O4/c1-2-14-10(18)4-6(12)7(15)3(9(13)17)5(11)8(4)16/h2H2,1H3,(H2,13,17)(H,14,18). The maximum Gasteiger partial charge on any atom is 0.256 e. The largest absolute Gasteiger partial charge is 0.365 e. The van der Waals surface area contributed by atoms with Crippen LogP contribution in [0.5, 0.6) is 0 Å². The Balaban J connectivity index is 3.35. The average molecular weight is 291 g/mol. The maximum atomic E-state index is 11.8. The smallest absolute Gasteiger partial charge is 0.256 e. The van der Waals surface area contributed by atoms with Gasteiger partial charge in [0.15, 0.2) is 0 Å². The topological polar surface area (TPSA) is 106 Å². The van der Waals surface area contributed by atoms with Crippen molar-refractivity contribution >= 4 is 46.6 Å². The molecule has 0 bridgehead atoms. The van der Waals surface area contributed by atoms with E-state index in [0.29, 0.717) is 0 Å². The Labute approximate surface area is 112 Å². The van der Waals surface area contributed by atoms with Crippen LogP contribution in [0.25, 0.3) is 0 Å². The molecule has 18 heavy (non-hydrogen) atoms. The molecule has 0 fully saturated rings. The van der Waals surface area contributed by atoms with Gasteiger partial charge in [0.25, 0.3) is 11.8 Å². The first-order chi connectivity index (χ1) is 8.32. The molecule has 3 N–H and O–H groups in total. The van der Waals surface area contributed by atoms with E-state index < -0.39 is 44.6 Å². The molecule has 0 aliphatic heterocycles. The van der Waals surface area contributed by atoms with Crippen LogP contribution in [0.3, 0.4) is 0 Å². The van der Waals surface area contributed by atoms with Gasteiger partial charge in [0.1, 0.15) is 21.2 Å². The van der Waals surface area contributed by atoms with Gasteiger partial charge in [-0.1, -0.05) is 23.2 Å². The van der Waals surface area contributed by atoms with E-state index in [1.54, 1.807) is 6.92 Å². The van der Waals surface area contributed by atoms with Crippen molar-refractivity contribution in [1.82, 2.24) is 5.32 Å². The van der Waals surface area contributed by atoms with E-state index >= 15 is 0 Å². The van der Waals surface area contributed by atoms with Gasteiger partial charge in [0.05, 0.1) is 0 Å². The molecule has 0 aromatic heterocycles. The molecule has 0 aromatic carbocycles. The second-order valence-corrected chi connectivity index (χ2v) is 4.02. The molecule has 0 spiro atoms. The van der Waals surface area contributed by atoms with Crippen LogP contribution in [0.1, 0.15) is 6.92 Å². The fourth-order valence-corrected chi connectivity index (χ4v) is 1.86. The number of nitrogens with one attached hydrogen (secondary N) is 1. The van der Waals surface area contributed by atoms with E-state index in [2.05, 4.69) is 5.32 Å². The zero-order valence-electron chi connectivity index (χ0n) is 9.17. The Hall–Kier alpha value is -1.66. The predicted molar refractivity (Wildman–Crippen MR) is 63.7 cm³/mol. The summed E-state index contributed by atoms with van der Waals surface area (Å²) in [5.74, 6) is -4.04. The third-order valence-corrected chi connectivity index (χ3v) is 2.82. The fraction of sp³-hybridized carbons (Fsp3) is 0.200. The van der Waals surface area contributed by atoms with E-state index in [9.17, 15) is 19.2 Å². The number of Topliss-reactive ketones (excluding diaryl/α,β-unsaturated/α-hetero) is 2. The van der Waals surface area contributed by atoms with Gasteiger partial charge in [-0.15, -0.1) is 0 Å². The normalized spacial score (nSPS) is 16.2. The summed E-state index contributed by atoms with van der Waals surface area (Å²) >= 11 is 11.2. The Morgan fingerprint density at radius 2 is 1.56 bits per heavy atom. The second kappa shape index (κ2) is 5.32. The van der Waals surface area contributed by atoms with Crippen LogP contribution in [0, 0.1) is 0 Å². The summed E-state index contributed by atoms with van der Waals surface area (Å²) in [6, 6.07) is 0. The van der Waals surface area contributed by atoms with Crippen molar-refractivity contribution in [1.29, 1.82) is 0 Å². The Kier molecular flexibility index (Phi) is 4.26. The molecule has 0 radical (unpaired) electrons. The molecule has 1 aliphatic carbocycles. The first-order valence-electron chi connectivity index (χ1n) is 4.79. The molecule has 0 atom stereocenters. The highest BCUT2D eigenvalue weighted by atomic mass is 35.5. The quantitative estimate of drug-likeness (QED) is 0.552. The molecule has 96 valence electrons. The van der Waals surface area contributed by atoms with Crippen molar-refractivity contribution in [3.05, 3.63) is 21.2 Å². The van der Waals surface area contributed by atoms with Crippen LogP contribution in [-0.4, -0.2) is 29.9 Å². The number of halogens is 2. The van der Waals surface area contributed by atoms with E-state index in [4.69, 9.17) is 28.9 Å². The lowest BCUT2D eigenvalue weighted by Gasteiger charge is -2.15. The minimum Gasteiger partial charge on any atom is -0.365 e. The number of allylic oxidation sites excluding steroid dienone is 2. The van der Waals surface area contributed by atoms with Crippen molar-refractivity contribution in [2.24, 2.45) is 5.73 Å². The van der Waals surface area contributed by atoms with Gasteiger partial charge in [-0.25, -0.2) is 0 Å². The minimum absolute atomic E-state index is 0.234. The van der Waals surface area contributed by atoms with Crippen molar-refractivity contribution in [2.45, 2.75) is 6.92 Å². The summed E-state index contributed by atoms with van der Waals surface area (Å²) in [7, 11) is 0. The number of amides is 2. The van der Waals surface area contributed by atoms with Gasteiger partial charge >= 0.3 is 0 Å². The van der Waals surface area contributed by atoms with Crippen LogP contribution in [0.4, 0.5) is 0 Å². The fourth-order valence-electron chi connectivity index (χ4n) is 1.32. The first kappa shape index (κ1) is 14.4. The van der Waals surface area contributed by atoms with E-state index in [-0.39, 0.29) is 6.54 Å². The molecule has 0 unspecified atom stereocenters. The zero-order valence-corrected chi connectivity index (χ0v) is 10.7. The van der Waals surface area contributed by atoms with Crippen LogP contribution in [0.15, 0.2) is 21.2 Å². The highest BCUT2D eigenvalue weighted by molar-refractivity contribution is 6.62. The molecule has 6 nitrogen and oxygen atoms in total. The number of hydrogen-bond acceptors (Lipinski definition) is 4. The summed E-state index contributed by atoms with van der Waals surface area (Å²) in [4.78, 5) is 46.0. The molecule has 0 heterocycles. The number of carbonyl (C=O) groups excluding carboxylic acids is 4. The number of nitrogens with two attached hydrogens (primary N) is 1. The molecular weight excluding hydrogens is 283 g/mol. The van der Waals surface area contributed by atoms with Crippen LogP contribution in [-0.2, 0) is 19.2 Å². The van der Waals surface area contributed by atoms with Gasteiger partial charge < -0.3 is 11.1 Å². The Morgan fingerprint density at radius 3 is 2.00 bits per heavy atom. The first-order valence-corrected chi connectivity index (χ1v) is 5.55. The highest BCUT2D eigenvalue weighted by Crippen LogP contribution is 2.29. The molecule has 1 aliphatic rings. The van der Waals surface area contributed by atoms with Crippen molar-refractivity contribution in [2.75, 3.05) is 6.54 Å². The van der Waals surface area contributed by atoms with Crippen LogP contribution < -0.4 is 11.1 Å². The van der Waals surface area contributed by atoms with Crippen molar-refractivity contribution < 1.29 is 19.2 Å². The highest BCUT2D eigenvalue weighted by Gasteiger charge is 2.38. The third-order valence-electron chi connectivity index (χ3n) is 2.10. The van der Waals surface area contributed by atoms with E-state index in [0.717, 1.165) is 0 Å². The number of carbonyl (C=O) groups is 4. The van der Waals surface area contributed by atoms with E-state index in [1.807, 2.05) is 0 Å². The monoisotopic (exact) mass is 290 g/mol. The van der Waals surface area contributed by atoms with E-state index in [1.165, 1.54) is 0 Å². The van der Waals surface area contributed by atoms with Gasteiger partial charge in [-0.05, 0) is 6.92 Å². The average Bonchev–Trinajstić information content (AvgIpc) is 2.27. The predicted octanol–water partition coefficient (Wildman–Crippen LogP) is -0.255. The van der Waals surface area contributed by atoms with Gasteiger partial charge in [0, 0.05) is 6.54 Å². The maximum absolute atomic E-state index is 11.8.